The van der Waals surface area contributed by atoms with Gasteiger partial charge in [-0.05, 0) is 19.4 Å². The summed E-state index contributed by atoms with van der Waals surface area (Å²) in [6, 6.07) is 1.77. The van der Waals surface area contributed by atoms with Crippen LogP contribution in [-0.4, -0.2) is 15.7 Å². The van der Waals surface area contributed by atoms with Crippen molar-refractivity contribution in [2.24, 2.45) is 0 Å². The normalized spacial score (nSPS) is 10.4. The Kier molecular flexibility index (Phi) is 4.53. The van der Waals surface area contributed by atoms with Gasteiger partial charge in [0, 0.05) is 11.4 Å². The van der Waals surface area contributed by atoms with Gasteiger partial charge in [0.25, 0.3) is 0 Å². The van der Waals surface area contributed by atoms with Gasteiger partial charge in [-0.1, -0.05) is 36.7 Å². The first kappa shape index (κ1) is 10.8. The van der Waals surface area contributed by atoms with E-state index in [1.54, 1.807) is 17.8 Å². The van der Waals surface area contributed by atoms with E-state index in [9.17, 15) is 0 Å². The lowest BCUT2D eigenvalue weighted by Crippen LogP contribution is -1.91. The third-order valence-corrected chi connectivity index (χ3v) is 2.66. The standard InChI is InChI=1S/C9H13ClN2S/c1-3-4-5-13-9-11-7(2)6-8(10)12-9/h6H,3-5H2,1-2H3. The van der Waals surface area contributed by atoms with Gasteiger partial charge in [-0.3, -0.25) is 0 Å². The molecule has 4 heteroatoms. The molecule has 0 aliphatic heterocycles. The fourth-order valence-corrected chi connectivity index (χ4v) is 2.15. The van der Waals surface area contributed by atoms with Crippen molar-refractivity contribution in [1.82, 2.24) is 9.97 Å². The lowest BCUT2D eigenvalue weighted by molar-refractivity contribution is 0.883. The van der Waals surface area contributed by atoms with Crippen molar-refractivity contribution in [1.29, 1.82) is 0 Å². The minimum absolute atomic E-state index is 0.534. The summed E-state index contributed by atoms with van der Waals surface area (Å²) >= 11 is 7.47. The molecule has 0 atom stereocenters. The minimum atomic E-state index is 0.534. The average molecular weight is 217 g/mol. The molecule has 0 spiro atoms. The Bertz CT molecular complexity index is 258. The predicted octanol–water partition coefficient (Wildman–Crippen LogP) is 3.33. The number of nitrogens with zero attached hydrogens (tertiary/aromatic N) is 2. The molecule has 0 N–H and O–H groups in total. The van der Waals surface area contributed by atoms with Crippen LogP contribution in [-0.2, 0) is 0 Å². The maximum Gasteiger partial charge on any atom is 0.189 e. The van der Waals surface area contributed by atoms with Crippen LogP contribution in [0.25, 0.3) is 0 Å². The quantitative estimate of drug-likeness (QED) is 0.334. The van der Waals surface area contributed by atoms with Crippen LogP contribution in [0.1, 0.15) is 25.5 Å². The predicted molar refractivity (Wildman–Crippen MR) is 57.4 cm³/mol. The van der Waals surface area contributed by atoms with E-state index in [1.165, 1.54) is 12.8 Å². The van der Waals surface area contributed by atoms with E-state index in [4.69, 9.17) is 11.6 Å². The van der Waals surface area contributed by atoms with Crippen LogP contribution >= 0.6 is 23.4 Å². The lowest BCUT2D eigenvalue weighted by atomic mass is 10.4. The molecule has 72 valence electrons. The van der Waals surface area contributed by atoms with Gasteiger partial charge in [-0.2, -0.15) is 0 Å². The highest BCUT2D eigenvalue weighted by atomic mass is 35.5. The van der Waals surface area contributed by atoms with Gasteiger partial charge >= 0.3 is 0 Å². The number of hydrogen-bond acceptors (Lipinski definition) is 3. The molecule has 0 aliphatic rings. The first-order valence-corrected chi connectivity index (χ1v) is 5.72. The molecule has 0 unspecified atom stereocenters. The molecular weight excluding hydrogens is 204 g/mol. The summed E-state index contributed by atoms with van der Waals surface area (Å²) in [5, 5.41) is 1.32. The van der Waals surface area contributed by atoms with Crippen LogP contribution in [0, 0.1) is 6.92 Å². The zero-order valence-corrected chi connectivity index (χ0v) is 9.45. The van der Waals surface area contributed by atoms with Gasteiger partial charge in [-0.15, -0.1) is 0 Å². The highest BCUT2D eigenvalue weighted by Crippen LogP contribution is 2.17. The van der Waals surface area contributed by atoms with Crippen LogP contribution in [0.15, 0.2) is 11.2 Å². The largest absolute Gasteiger partial charge is 0.228 e. The van der Waals surface area contributed by atoms with Gasteiger partial charge in [0.15, 0.2) is 5.16 Å². The van der Waals surface area contributed by atoms with E-state index in [0.29, 0.717) is 5.15 Å². The summed E-state index contributed by atoms with van der Waals surface area (Å²) in [5.74, 6) is 1.07. The van der Waals surface area contributed by atoms with Crippen molar-refractivity contribution in [3.8, 4) is 0 Å². The SMILES string of the molecule is CCCCSc1nc(C)cc(Cl)n1. The fraction of sp³-hybridized carbons (Fsp3) is 0.556. The van der Waals surface area contributed by atoms with Crippen molar-refractivity contribution in [2.45, 2.75) is 31.8 Å². The van der Waals surface area contributed by atoms with Gasteiger partial charge < -0.3 is 0 Å². The minimum Gasteiger partial charge on any atom is -0.228 e. The molecule has 0 amide bonds. The maximum atomic E-state index is 5.80. The third-order valence-electron chi connectivity index (χ3n) is 1.53. The molecule has 1 aromatic heterocycles. The Balaban J connectivity index is 2.56. The van der Waals surface area contributed by atoms with Gasteiger partial charge in [-0.25, -0.2) is 9.97 Å². The summed E-state index contributed by atoms with van der Waals surface area (Å²) in [5.41, 5.74) is 0.930. The smallest absolute Gasteiger partial charge is 0.189 e. The molecule has 2 nitrogen and oxygen atoms in total. The molecule has 0 aliphatic carbocycles. The number of thioether (sulfide) groups is 1. The van der Waals surface area contributed by atoms with E-state index in [2.05, 4.69) is 16.9 Å². The van der Waals surface area contributed by atoms with Crippen molar-refractivity contribution in [2.75, 3.05) is 5.75 Å². The molecule has 0 bridgehead atoms. The molecular formula is C9H13ClN2S. The van der Waals surface area contributed by atoms with Crippen molar-refractivity contribution < 1.29 is 0 Å². The molecule has 0 aromatic carbocycles. The van der Waals surface area contributed by atoms with Crippen LogP contribution in [0.3, 0.4) is 0 Å². The fourth-order valence-electron chi connectivity index (χ4n) is 0.876. The Hall–Kier alpha value is -0.280. The topological polar surface area (TPSA) is 25.8 Å². The zero-order valence-electron chi connectivity index (χ0n) is 7.88. The number of hydrogen-bond donors (Lipinski definition) is 0. The second-order valence-electron chi connectivity index (χ2n) is 2.82. The second kappa shape index (κ2) is 5.45. The number of rotatable bonds is 4. The Morgan fingerprint density at radius 1 is 1.46 bits per heavy atom. The van der Waals surface area contributed by atoms with Crippen LogP contribution in [0.4, 0.5) is 0 Å². The summed E-state index contributed by atoms with van der Waals surface area (Å²) in [7, 11) is 0. The number of unbranched alkanes of at least 4 members (excludes halogenated alkanes) is 1. The van der Waals surface area contributed by atoms with Crippen LogP contribution < -0.4 is 0 Å². The second-order valence-corrected chi connectivity index (χ2v) is 4.27. The zero-order chi connectivity index (χ0) is 9.68. The Labute approximate surface area is 88.1 Å². The highest BCUT2D eigenvalue weighted by molar-refractivity contribution is 7.99. The molecule has 1 aromatic rings. The number of halogens is 1. The summed E-state index contributed by atoms with van der Waals surface area (Å²) in [6.07, 6.45) is 2.39. The van der Waals surface area contributed by atoms with E-state index < -0.39 is 0 Å². The molecule has 0 saturated heterocycles. The van der Waals surface area contributed by atoms with Crippen molar-refractivity contribution >= 4 is 23.4 Å². The molecule has 0 fully saturated rings. The van der Waals surface area contributed by atoms with E-state index in [-0.39, 0.29) is 0 Å². The molecule has 1 heterocycles. The first-order chi connectivity index (χ1) is 6.22. The van der Waals surface area contributed by atoms with Crippen molar-refractivity contribution in [3.63, 3.8) is 0 Å². The highest BCUT2D eigenvalue weighted by Gasteiger charge is 2.00. The Morgan fingerprint density at radius 3 is 2.85 bits per heavy atom. The van der Waals surface area contributed by atoms with Crippen LogP contribution in [0.2, 0.25) is 5.15 Å². The Morgan fingerprint density at radius 2 is 2.23 bits per heavy atom. The van der Waals surface area contributed by atoms with E-state index in [0.717, 1.165) is 16.6 Å². The number of aromatic nitrogens is 2. The summed E-state index contributed by atoms with van der Waals surface area (Å²) in [4.78, 5) is 8.40. The average Bonchev–Trinajstić information content (AvgIpc) is 2.03. The van der Waals surface area contributed by atoms with E-state index in [1.807, 2.05) is 6.92 Å². The number of aryl methyl sites for hydroxylation is 1. The van der Waals surface area contributed by atoms with Gasteiger partial charge in [0.1, 0.15) is 5.15 Å². The molecule has 0 radical (unpaired) electrons. The maximum absolute atomic E-state index is 5.80. The molecule has 0 saturated carbocycles. The summed E-state index contributed by atoms with van der Waals surface area (Å²) in [6.45, 7) is 4.10. The van der Waals surface area contributed by atoms with Gasteiger partial charge in [0.05, 0.1) is 0 Å². The van der Waals surface area contributed by atoms with Gasteiger partial charge in [0.2, 0.25) is 0 Å². The third kappa shape index (κ3) is 3.96. The van der Waals surface area contributed by atoms with Crippen LogP contribution in [0.5, 0.6) is 0 Å². The molecule has 13 heavy (non-hydrogen) atoms. The lowest BCUT2D eigenvalue weighted by Gasteiger charge is -2.00. The first-order valence-electron chi connectivity index (χ1n) is 4.36. The molecule has 1 rings (SSSR count). The van der Waals surface area contributed by atoms with Crippen molar-refractivity contribution in [3.05, 3.63) is 16.9 Å². The monoisotopic (exact) mass is 216 g/mol. The summed E-state index contributed by atoms with van der Waals surface area (Å²) < 4.78 is 0. The van der Waals surface area contributed by atoms with E-state index >= 15 is 0 Å².